The molecule has 1 aliphatic carbocycles. The predicted molar refractivity (Wildman–Crippen MR) is 157 cm³/mol. The highest BCUT2D eigenvalue weighted by atomic mass is 16.6. The molecule has 1 aliphatic heterocycles. The van der Waals surface area contributed by atoms with E-state index in [1.54, 1.807) is 34.1 Å². The van der Waals surface area contributed by atoms with E-state index in [9.17, 15) is 19.5 Å². The van der Waals surface area contributed by atoms with Crippen LogP contribution in [-0.4, -0.2) is 82.5 Å². The maximum atomic E-state index is 13.8. The Morgan fingerprint density at radius 1 is 1.19 bits per heavy atom. The van der Waals surface area contributed by atoms with Crippen LogP contribution in [0.5, 0.6) is 11.6 Å². The fourth-order valence-electron chi connectivity index (χ4n) is 5.00. The zero-order valence-corrected chi connectivity index (χ0v) is 25.4. The zero-order chi connectivity index (χ0) is 30.6. The normalized spacial score (nSPS) is 20.9. The summed E-state index contributed by atoms with van der Waals surface area (Å²) in [6, 6.07) is 5.73. The van der Waals surface area contributed by atoms with Crippen LogP contribution in [-0.2, 0) is 14.3 Å². The number of carbonyl (C=O) groups excluding carboxylic acids is 3. The molecule has 1 aromatic carbocycles. The molecule has 2 aromatic rings. The van der Waals surface area contributed by atoms with Gasteiger partial charge in [-0.3, -0.25) is 14.5 Å². The number of benzene rings is 1. The summed E-state index contributed by atoms with van der Waals surface area (Å²) in [5.41, 5.74) is -0.774. The van der Waals surface area contributed by atoms with Gasteiger partial charge in [-0.2, -0.15) is 0 Å². The van der Waals surface area contributed by atoms with E-state index >= 15 is 0 Å². The van der Waals surface area contributed by atoms with Crippen molar-refractivity contribution in [3.8, 4) is 11.6 Å². The van der Waals surface area contributed by atoms with Gasteiger partial charge in [-0.15, -0.1) is 0 Å². The minimum absolute atomic E-state index is 0.0752. The highest BCUT2D eigenvalue weighted by molar-refractivity contribution is 5.89. The van der Waals surface area contributed by atoms with Crippen molar-refractivity contribution in [2.24, 2.45) is 5.92 Å². The summed E-state index contributed by atoms with van der Waals surface area (Å²) in [5, 5.41) is 18.3. The molecule has 0 radical (unpaired) electrons. The highest BCUT2D eigenvalue weighted by Crippen LogP contribution is 2.31. The van der Waals surface area contributed by atoms with E-state index in [1.165, 1.54) is 4.90 Å². The van der Waals surface area contributed by atoms with E-state index in [-0.39, 0.29) is 24.9 Å². The van der Waals surface area contributed by atoms with Crippen LogP contribution >= 0.6 is 0 Å². The second kappa shape index (κ2) is 13.1. The first-order chi connectivity index (χ1) is 19.9. The van der Waals surface area contributed by atoms with Crippen LogP contribution in [0.2, 0.25) is 0 Å². The fourth-order valence-corrected chi connectivity index (χ4v) is 5.00. The molecule has 2 aliphatic rings. The van der Waals surface area contributed by atoms with Gasteiger partial charge < -0.3 is 30.0 Å². The van der Waals surface area contributed by atoms with Gasteiger partial charge >= 0.3 is 6.09 Å². The SMILES string of the molecule is CCC(C)C[C@H](NC(=O)C1C[C@@H](Oc2nccc3cc(OC)ccc23)CN1C(=O)OC(C)(C)C)C(O)C(=O)NC1CC1. The molecule has 3 amide bonds. The van der Waals surface area contributed by atoms with Crippen molar-refractivity contribution in [2.75, 3.05) is 13.7 Å². The number of nitrogens with zero attached hydrogens (tertiary/aromatic N) is 2. The van der Waals surface area contributed by atoms with Crippen molar-refractivity contribution in [1.82, 2.24) is 20.5 Å². The molecule has 0 spiro atoms. The van der Waals surface area contributed by atoms with Crippen molar-refractivity contribution in [2.45, 2.75) is 103 Å². The molecule has 5 atom stereocenters. The number of aromatic nitrogens is 1. The van der Waals surface area contributed by atoms with Crippen LogP contribution in [0.3, 0.4) is 0 Å². The van der Waals surface area contributed by atoms with Crippen molar-refractivity contribution in [3.05, 3.63) is 30.5 Å². The summed E-state index contributed by atoms with van der Waals surface area (Å²) in [6.07, 6.45) is 2.20. The Morgan fingerprint density at radius 2 is 1.93 bits per heavy atom. The van der Waals surface area contributed by atoms with Crippen LogP contribution in [0.25, 0.3) is 10.8 Å². The smallest absolute Gasteiger partial charge is 0.411 e. The topological polar surface area (TPSA) is 139 Å². The van der Waals surface area contributed by atoms with Crippen LogP contribution in [0.15, 0.2) is 30.5 Å². The number of pyridine rings is 1. The van der Waals surface area contributed by atoms with Gasteiger partial charge in [0.25, 0.3) is 5.91 Å². The van der Waals surface area contributed by atoms with Gasteiger partial charge in [0.1, 0.15) is 23.5 Å². The first-order valence-corrected chi connectivity index (χ1v) is 14.8. The molecule has 42 heavy (non-hydrogen) atoms. The van der Waals surface area contributed by atoms with Crippen LogP contribution in [0.1, 0.15) is 66.7 Å². The Kier molecular flexibility index (Phi) is 9.81. The standard InChI is InChI=1S/C31H44N4O7/c1-7-18(2)14-24(26(36)28(38)33-20-8-9-20)34-27(37)25-16-22(17-35(25)30(39)42-31(3,4)5)41-29-23-11-10-21(40-6)15-19(23)12-13-32-29/h10-13,15,18,20,22,24-26,36H,7-9,14,16-17H2,1-6H3,(H,33,38)(H,34,37)/t18?,22-,24+,25?,26?/m1/s1. The summed E-state index contributed by atoms with van der Waals surface area (Å²) in [4.78, 5) is 45.5. The largest absolute Gasteiger partial charge is 0.497 e. The number of rotatable bonds is 11. The molecule has 1 aromatic heterocycles. The molecule has 3 N–H and O–H groups in total. The van der Waals surface area contributed by atoms with Gasteiger partial charge in [-0.1, -0.05) is 20.3 Å². The van der Waals surface area contributed by atoms with Gasteiger partial charge in [-0.25, -0.2) is 9.78 Å². The monoisotopic (exact) mass is 584 g/mol. The molecule has 1 saturated heterocycles. The number of carbonyl (C=O) groups is 3. The summed E-state index contributed by atoms with van der Waals surface area (Å²) in [5.74, 6) is 0.257. The Balaban J connectivity index is 1.55. The number of ether oxygens (including phenoxy) is 3. The van der Waals surface area contributed by atoms with Crippen LogP contribution in [0, 0.1) is 5.92 Å². The number of nitrogens with one attached hydrogen (secondary N) is 2. The Morgan fingerprint density at radius 3 is 2.57 bits per heavy atom. The number of aliphatic hydroxyl groups is 1. The van der Waals surface area contributed by atoms with Gasteiger partial charge in [0.15, 0.2) is 6.10 Å². The molecule has 2 fully saturated rings. The predicted octanol–water partition coefficient (Wildman–Crippen LogP) is 3.56. The number of fused-ring (bicyclic) bond motifs is 1. The highest BCUT2D eigenvalue weighted by Gasteiger charge is 2.44. The molecule has 3 unspecified atom stereocenters. The minimum atomic E-state index is -1.41. The lowest BCUT2D eigenvalue weighted by molar-refractivity contribution is -0.133. The average molecular weight is 585 g/mol. The van der Waals surface area contributed by atoms with E-state index < -0.39 is 47.8 Å². The molecule has 11 nitrogen and oxygen atoms in total. The lowest BCUT2D eigenvalue weighted by atomic mass is 9.95. The maximum Gasteiger partial charge on any atom is 0.411 e. The molecular weight excluding hydrogens is 540 g/mol. The molecule has 11 heteroatoms. The van der Waals surface area contributed by atoms with E-state index in [1.807, 2.05) is 38.1 Å². The summed E-state index contributed by atoms with van der Waals surface area (Å²) in [6.45, 7) is 9.40. The van der Waals surface area contributed by atoms with E-state index in [2.05, 4.69) is 15.6 Å². The number of amides is 3. The Hall–Kier alpha value is -3.60. The van der Waals surface area contributed by atoms with E-state index in [0.29, 0.717) is 18.1 Å². The van der Waals surface area contributed by atoms with E-state index in [4.69, 9.17) is 14.2 Å². The number of aliphatic hydroxyl groups excluding tert-OH is 1. The molecule has 2 heterocycles. The number of likely N-dealkylation sites (tertiary alicyclic amines) is 1. The molecule has 230 valence electrons. The zero-order valence-electron chi connectivity index (χ0n) is 25.4. The Bertz CT molecular complexity index is 1280. The molecule has 0 bridgehead atoms. The van der Waals surface area contributed by atoms with Crippen molar-refractivity contribution in [3.63, 3.8) is 0 Å². The van der Waals surface area contributed by atoms with Crippen molar-refractivity contribution in [1.29, 1.82) is 0 Å². The van der Waals surface area contributed by atoms with Crippen molar-refractivity contribution < 1.29 is 33.7 Å². The lowest BCUT2D eigenvalue weighted by Crippen LogP contribution is -2.56. The second-order valence-corrected chi connectivity index (χ2v) is 12.4. The summed E-state index contributed by atoms with van der Waals surface area (Å²) >= 11 is 0. The number of methoxy groups -OCH3 is 1. The third-order valence-electron chi connectivity index (χ3n) is 7.66. The lowest BCUT2D eigenvalue weighted by Gasteiger charge is -2.30. The maximum absolute atomic E-state index is 13.8. The fraction of sp³-hybridized carbons (Fsp3) is 0.613. The summed E-state index contributed by atoms with van der Waals surface area (Å²) in [7, 11) is 1.60. The number of hydrogen-bond acceptors (Lipinski definition) is 8. The van der Waals surface area contributed by atoms with Crippen LogP contribution in [0.4, 0.5) is 4.79 Å². The first-order valence-electron chi connectivity index (χ1n) is 14.8. The molecular formula is C31H44N4O7. The van der Waals surface area contributed by atoms with Gasteiger partial charge in [0.2, 0.25) is 11.8 Å². The van der Waals surface area contributed by atoms with Gasteiger partial charge in [-0.05, 0) is 75.6 Å². The third-order valence-corrected chi connectivity index (χ3v) is 7.66. The number of hydrogen-bond donors (Lipinski definition) is 3. The van der Waals surface area contributed by atoms with E-state index in [0.717, 1.165) is 30.0 Å². The van der Waals surface area contributed by atoms with Gasteiger partial charge in [0, 0.05) is 24.0 Å². The average Bonchev–Trinajstić information content (AvgIpc) is 3.66. The third kappa shape index (κ3) is 8.02. The summed E-state index contributed by atoms with van der Waals surface area (Å²) < 4.78 is 17.2. The quantitative estimate of drug-likeness (QED) is 0.364. The Labute approximate surface area is 247 Å². The van der Waals surface area contributed by atoms with Crippen LogP contribution < -0.4 is 20.1 Å². The van der Waals surface area contributed by atoms with Crippen molar-refractivity contribution >= 4 is 28.7 Å². The van der Waals surface area contributed by atoms with Gasteiger partial charge in [0.05, 0.1) is 19.7 Å². The molecule has 1 saturated carbocycles. The molecule has 4 rings (SSSR count). The first kappa shape index (κ1) is 31.3. The second-order valence-electron chi connectivity index (χ2n) is 12.4. The minimum Gasteiger partial charge on any atom is -0.497 e.